The Labute approximate surface area is 283 Å². The maximum Gasteiger partial charge on any atom is 0.138 e. The first kappa shape index (κ1) is 49.0. The molecule has 1 saturated carbocycles. The second kappa shape index (κ2) is 34.0. The number of allylic oxidation sites excluding steroid dienone is 1. The molecule has 0 unspecified atom stereocenters. The van der Waals surface area contributed by atoms with E-state index in [9.17, 15) is 4.79 Å². The number of aryl methyl sites for hydroxylation is 3. The molecule has 0 N–H and O–H groups in total. The molecule has 1 fully saturated rings. The summed E-state index contributed by atoms with van der Waals surface area (Å²) in [4.78, 5) is 11.1. The van der Waals surface area contributed by atoms with Crippen molar-refractivity contribution in [1.29, 1.82) is 0 Å². The van der Waals surface area contributed by atoms with Gasteiger partial charge in [0.1, 0.15) is 5.78 Å². The maximum atomic E-state index is 11.1. The van der Waals surface area contributed by atoms with E-state index in [0.29, 0.717) is 5.78 Å². The summed E-state index contributed by atoms with van der Waals surface area (Å²) in [6.07, 6.45) is 18.0. The van der Waals surface area contributed by atoms with E-state index < -0.39 is 0 Å². The number of hydrogen-bond acceptors (Lipinski definition) is 1. The number of Topliss-reactive ketones (excluding diaryl/α,β-unsaturated/α-hetero) is 1. The summed E-state index contributed by atoms with van der Waals surface area (Å²) in [5.41, 5.74) is 6.77. The van der Waals surface area contributed by atoms with Crippen molar-refractivity contribution >= 4 is 11.4 Å². The molecular formula is C44H74O. The van der Waals surface area contributed by atoms with Crippen molar-refractivity contribution in [3.05, 3.63) is 90.5 Å². The van der Waals surface area contributed by atoms with Gasteiger partial charge in [0, 0.05) is 18.3 Å². The summed E-state index contributed by atoms with van der Waals surface area (Å²) in [5, 5.41) is 0. The van der Waals surface area contributed by atoms with Crippen molar-refractivity contribution in [3.8, 4) is 12.3 Å². The van der Waals surface area contributed by atoms with Gasteiger partial charge in [-0.15, -0.1) is 25.5 Å². The highest BCUT2D eigenvalue weighted by Gasteiger charge is 2.19. The van der Waals surface area contributed by atoms with Crippen molar-refractivity contribution in [1.82, 2.24) is 0 Å². The zero-order valence-electron chi connectivity index (χ0n) is 32.1. The van der Waals surface area contributed by atoms with Gasteiger partial charge in [-0.25, -0.2) is 0 Å². The molecule has 0 radical (unpaired) electrons. The van der Waals surface area contributed by atoms with Crippen LogP contribution in [0.2, 0.25) is 0 Å². The zero-order valence-corrected chi connectivity index (χ0v) is 32.1. The van der Waals surface area contributed by atoms with E-state index in [4.69, 9.17) is 6.42 Å². The lowest BCUT2D eigenvalue weighted by atomic mass is 9.81. The van der Waals surface area contributed by atoms with Gasteiger partial charge in [0.05, 0.1) is 0 Å². The Morgan fingerprint density at radius 2 is 1.36 bits per heavy atom. The predicted octanol–water partition coefficient (Wildman–Crippen LogP) is 14.2. The highest BCUT2D eigenvalue weighted by Crippen LogP contribution is 2.35. The van der Waals surface area contributed by atoms with E-state index in [2.05, 4.69) is 109 Å². The summed E-state index contributed by atoms with van der Waals surface area (Å²) in [5.74, 6) is 3.53. The van der Waals surface area contributed by atoms with Crippen LogP contribution in [0, 0.1) is 37.5 Å². The largest absolute Gasteiger partial charge is 0.299 e. The lowest BCUT2D eigenvalue weighted by molar-refractivity contribution is -0.126. The topological polar surface area (TPSA) is 17.1 Å². The van der Waals surface area contributed by atoms with Crippen molar-refractivity contribution < 1.29 is 4.79 Å². The molecule has 0 aromatic heterocycles. The Morgan fingerprint density at radius 3 is 1.69 bits per heavy atom. The summed E-state index contributed by atoms with van der Waals surface area (Å²) in [6.45, 7) is 35.0. The second-order valence-electron chi connectivity index (χ2n) is 12.0. The van der Waals surface area contributed by atoms with Gasteiger partial charge >= 0.3 is 0 Å². The molecule has 0 spiro atoms. The molecule has 1 aliphatic carbocycles. The quantitative estimate of drug-likeness (QED) is 0.232. The number of terminal acetylenes is 1. The van der Waals surface area contributed by atoms with Gasteiger partial charge in [-0.3, -0.25) is 4.79 Å². The SMILES string of the molecule is C#CCC.C=C.C=C(c1ccccc1C)C1CCCCC1.CC.CCCC.CCCC(=O)C(C)(C)C.CCc1cccc(C)c1. The number of hydrogen-bond donors (Lipinski definition) is 0. The Bertz CT molecular complexity index is 990. The molecule has 0 saturated heterocycles. The van der Waals surface area contributed by atoms with Crippen LogP contribution >= 0.6 is 0 Å². The van der Waals surface area contributed by atoms with Crippen LogP contribution < -0.4 is 0 Å². The normalized spacial score (nSPS) is 11.4. The summed E-state index contributed by atoms with van der Waals surface area (Å²) in [7, 11) is 0. The minimum atomic E-state index is -0.129. The molecule has 0 bridgehead atoms. The molecular weight excluding hydrogens is 544 g/mol. The van der Waals surface area contributed by atoms with Gasteiger partial charge in [0.15, 0.2) is 0 Å². The second-order valence-corrected chi connectivity index (χ2v) is 12.0. The van der Waals surface area contributed by atoms with E-state index in [0.717, 1.165) is 31.6 Å². The maximum absolute atomic E-state index is 11.1. The third-order valence-electron chi connectivity index (χ3n) is 7.10. The average molecular weight is 619 g/mol. The van der Waals surface area contributed by atoms with Crippen molar-refractivity contribution in [2.45, 2.75) is 154 Å². The van der Waals surface area contributed by atoms with Crippen LogP contribution in [-0.4, -0.2) is 5.78 Å². The Kier molecular flexibility index (Phi) is 37.1. The fourth-order valence-corrected chi connectivity index (χ4v) is 4.14. The van der Waals surface area contributed by atoms with Crippen LogP contribution in [0.25, 0.3) is 5.57 Å². The van der Waals surface area contributed by atoms with Crippen molar-refractivity contribution in [3.63, 3.8) is 0 Å². The Hall–Kier alpha value is -2.85. The molecule has 0 heterocycles. The number of carbonyl (C=O) groups excluding carboxylic acids is 1. The minimum absolute atomic E-state index is 0.129. The first-order valence-corrected chi connectivity index (χ1v) is 17.7. The molecule has 256 valence electrons. The van der Waals surface area contributed by atoms with E-state index in [-0.39, 0.29) is 5.41 Å². The third-order valence-corrected chi connectivity index (χ3v) is 7.10. The molecule has 0 atom stereocenters. The van der Waals surface area contributed by atoms with Crippen LogP contribution in [0.3, 0.4) is 0 Å². The fraction of sp³-hybridized carbons (Fsp3) is 0.568. The summed E-state index contributed by atoms with van der Waals surface area (Å²) in [6, 6.07) is 17.2. The predicted molar refractivity (Wildman–Crippen MR) is 209 cm³/mol. The van der Waals surface area contributed by atoms with Crippen LogP contribution in [0.4, 0.5) is 0 Å². The smallest absolute Gasteiger partial charge is 0.138 e. The van der Waals surface area contributed by atoms with E-state index in [1.165, 1.54) is 72.8 Å². The molecule has 1 aliphatic rings. The highest BCUT2D eigenvalue weighted by atomic mass is 16.1. The molecule has 1 heteroatoms. The van der Waals surface area contributed by atoms with Gasteiger partial charge < -0.3 is 0 Å². The van der Waals surface area contributed by atoms with E-state index >= 15 is 0 Å². The number of rotatable bonds is 6. The van der Waals surface area contributed by atoms with Crippen molar-refractivity contribution in [2.24, 2.45) is 11.3 Å². The number of carbonyl (C=O) groups is 1. The Balaban J connectivity index is -0.000000246. The van der Waals surface area contributed by atoms with Crippen LogP contribution in [-0.2, 0) is 11.2 Å². The lowest BCUT2D eigenvalue weighted by Crippen LogP contribution is -2.19. The minimum Gasteiger partial charge on any atom is -0.299 e. The van der Waals surface area contributed by atoms with Gasteiger partial charge in [0.25, 0.3) is 0 Å². The fourth-order valence-electron chi connectivity index (χ4n) is 4.14. The zero-order chi connectivity index (χ0) is 35.7. The molecule has 0 amide bonds. The number of unbranched alkanes of at least 4 members (excludes halogenated alkanes) is 1. The molecule has 0 aliphatic heterocycles. The molecule has 2 aromatic carbocycles. The standard InChI is InChI=1S/C15H20.C9H12.C8H16O.C4H10.C4H6.C2H6.C2H4/c1-12-8-6-7-11-15(12)13(2)14-9-4-3-5-10-14;1-3-9-6-4-5-8(2)7-9;1-5-6-7(9)8(2,3)4;2*1-3-4-2;2*1-2/h6-8,11,14H,2-5,9-10H2,1H3;4-7H,3H2,1-2H3;5-6H2,1-4H3;3-4H2,1-2H3;1H,4H2,2H3;1-2H3;1-2H2. The first-order chi connectivity index (χ1) is 21.4. The lowest BCUT2D eigenvalue weighted by Gasteiger charge is -2.24. The number of benzene rings is 2. The van der Waals surface area contributed by atoms with Gasteiger partial charge in [0.2, 0.25) is 0 Å². The van der Waals surface area contributed by atoms with E-state index in [1.54, 1.807) is 0 Å². The van der Waals surface area contributed by atoms with Crippen LogP contribution in [0.15, 0.2) is 68.3 Å². The van der Waals surface area contributed by atoms with Gasteiger partial charge in [-0.05, 0) is 67.7 Å². The number of ketones is 1. The van der Waals surface area contributed by atoms with E-state index in [1.807, 2.05) is 48.5 Å². The van der Waals surface area contributed by atoms with Crippen LogP contribution in [0.1, 0.15) is 156 Å². The monoisotopic (exact) mass is 619 g/mol. The summed E-state index contributed by atoms with van der Waals surface area (Å²) < 4.78 is 0. The molecule has 3 rings (SSSR count). The summed E-state index contributed by atoms with van der Waals surface area (Å²) >= 11 is 0. The molecule has 1 nitrogen and oxygen atoms in total. The van der Waals surface area contributed by atoms with Crippen LogP contribution in [0.5, 0.6) is 0 Å². The van der Waals surface area contributed by atoms with Gasteiger partial charge in [-0.1, -0.05) is 162 Å². The molecule has 45 heavy (non-hydrogen) atoms. The highest BCUT2D eigenvalue weighted by molar-refractivity contribution is 5.83. The van der Waals surface area contributed by atoms with Crippen molar-refractivity contribution in [2.75, 3.05) is 0 Å². The molecule has 2 aromatic rings. The Morgan fingerprint density at radius 1 is 0.844 bits per heavy atom. The average Bonchev–Trinajstić information content (AvgIpc) is 3.07. The van der Waals surface area contributed by atoms with Gasteiger partial charge in [-0.2, -0.15) is 0 Å². The third kappa shape index (κ3) is 28.4. The first-order valence-electron chi connectivity index (χ1n) is 17.7.